The number of rotatable bonds is 6. The van der Waals surface area contributed by atoms with Crippen LogP contribution in [-0.4, -0.2) is 17.4 Å². The maximum atomic E-state index is 12.8. The average molecular weight is 402 g/mol. The van der Waals surface area contributed by atoms with E-state index in [1.807, 2.05) is 69.3 Å². The molecule has 0 aliphatic heterocycles. The predicted molar refractivity (Wildman–Crippen MR) is 119 cm³/mol. The molecule has 0 spiro atoms. The fourth-order valence-electron chi connectivity index (χ4n) is 2.86. The van der Waals surface area contributed by atoms with E-state index in [4.69, 9.17) is 4.74 Å². The molecule has 5 nitrogen and oxygen atoms in total. The molecule has 154 valence electrons. The highest BCUT2D eigenvalue weighted by molar-refractivity contribution is 6.05. The van der Waals surface area contributed by atoms with Crippen molar-refractivity contribution in [1.82, 2.24) is 5.32 Å². The number of benzene rings is 3. The van der Waals surface area contributed by atoms with Crippen molar-refractivity contribution in [3.8, 4) is 5.75 Å². The molecule has 3 rings (SSSR count). The first kappa shape index (κ1) is 21.1. The van der Waals surface area contributed by atoms with Crippen LogP contribution in [-0.2, 0) is 6.61 Å². The summed E-state index contributed by atoms with van der Waals surface area (Å²) in [5, 5.41) is 5.80. The Morgan fingerprint density at radius 3 is 2.10 bits per heavy atom. The van der Waals surface area contributed by atoms with Gasteiger partial charge >= 0.3 is 0 Å². The second-order valence-corrected chi connectivity index (χ2v) is 7.99. The van der Waals surface area contributed by atoms with Crippen molar-refractivity contribution >= 4 is 17.5 Å². The summed E-state index contributed by atoms with van der Waals surface area (Å²) < 4.78 is 5.79. The van der Waals surface area contributed by atoms with E-state index in [1.54, 1.807) is 30.3 Å². The van der Waals surface area contributed by atoms with Crippen molar-refractivity contribution in [3.63, 3.8) is 0 Å². The zero-order valence-electron chi connectivity index (χ0n) is 17.4. The minimum absolute atomic E-state index is 0.149. The zero-order valence-corrected chi connectivity index (χ0v) is 17.4. The van der Waals surface area contributed by atoms with Crippen molar-refractivity contribution in [1.29, 1.82) is 0 Å². The topological polar surface area (TPSA) is 67.4 Å². The fraction of sp³-hybridized carbons (Fsp3) is 0.200. The summed E-state index contributed by atoms with van der Waals surface area (Å²) in [4.78, 5) is 25.0. The highest BCUT2D eigenvalue weighted by atomic mass is 16.5. The summed E-state index contributed by atoms with van der Waals surface area (Å²) in [6.45, 7) is 6.08. The molecule has 0 fully saturated rings. The molecule has 0 aliphatic rings. The van der Waals surface area contributed by atoms with Gasteiger partial charge in [0, 0.05) is 27.9 Å². The van der Waals surface area contributed by atoms with E-state index in [0.29, 0.717) is 23.4 Å². The van der Waals surface area contributed by atoms with Gasteiger partial charge in [-0.25, -0.2) is 0 Å². The predicted octanol–water partition coefficient (Wildman–Crippen LogP) is 5.05. The molecule has 0 bridgehead atoms. The standard InChI is InChI=1S/C25H26N2O3/c1-25(2,3)27-23(28)18-13-15-20(16-14-18)26-24(29)22-12-8-7-9-19(22)17-30-21-10-5-4-6-11-21/h4-16H,17H2,1-3H3,(H,26,29)(H,27,28). The van der Waals surface area contributed by atoms with E-state index in [2.05, 4.69) is 10.6 Å². The lowest BCUT2D eigenvalue weighted by atomic mass is 10.1. The van der Waals surface area contributed by atoms with Crippen LogP contribution >= 0.6 is 0 Å². The fourth-order valence-corrected chi connectivity index (χ4v) is 2.86. The van der Waals surface area contributed by atoms with Crippen LogP contribution in [0.5, 0.6) is 5.75 Å². The Balaban J connectivity index is 1.67. The van der Waals surface area contributed by atoms with Gasteiger partial charge in [0.25, 0.3) is 11.8 Å². The Labute approximate surface area is 177 Å². The largest absolute Gasteiger partial charge is 0.489 e. The Kier molecular flexibility index (Phi) is 6.52. The molecule has 3 aromatic rings. The Morgan fingerprint density at radius 2 is 1.43 bits per heavy atom. The van der Waals surface area contributed by atoms with Gasteiger partial charge in [-0.3, -0.25) is 9.59 Å². The van der Waals surface area contributed by atoms with Crippen LogP contribution in [0.15, 0.2) is 78.9 Å². The van der Waals surface area contributed by atoms with Gasteiger partial charge in [0.1, 0.15) is 12.4 Å². The summed E-state index contributed by atoms with van der Waals surface area (Å²) in [6, 6.07) is 23.6. The lowest BCUT2D eigenvalue weighted by Gasteiger charge is -2.20. The van der Waals surface area contributed by atoms with Crippen LogP contribution in [0.3, 0.4) is 0 Å². The molecule has 2 amide bonds. The number of nitrogens with one attached hydrogen (secondary N) is 2. The van der Waals surface area contributed by atoms with Crippen LogP contribution in [0.1, 0.15) is 47.1 Å². The van der Waals surface area contributed by atoms with Gasteiger partial charge in [-0.15, -0.1) is 0 Å². The Bertz CT molecular complexity index is 1010. The molecule has 5 heteroatoms. The summed E-state index contributed by atoms with van der Waals surface area (Å²) in [5.41, 5.74) is 2.18. The van der Waals surface area contributed by atoms with E-state index >= 15 is 0 Å². The Morgan fingerprint density at radius 1 is 0.800 bits per heavy atom. The summed E-state index contributed by atoms with van der Waals surface area (Å²) in [7, 11) is 0. The first-order chi connectivity index (χ1) is 14.3. The minimum Gasteiger partial charge on any atom is -0.489 e. The molecule has 2 N–H and O–H groups in total. The number of hydrogen-bond donors (Lipinski definition) is 2. The normalized spacial score (nSPS) is 10.9. The monoisotopic (exact) mass is 402 g/mol. The van der Waals surface area contributed by atoms with Gasteiger partial charge in [-0.1, -0.05) is 36.4 Å². The molecule has 0 radical (unpaired) electrons. The lowest BCUT2D eigenvalue weighted by Crippen LogP contribution is -2.40. The van der Waals surface area contributed by atoms with Crippen molar-refractivity contribution in [3.05, 3.63) is 95.6 Å². The van der Waals surface area contributed by atoms with Crippen LogP contribution in [0, 0.1) is 0 Å². The number of carbonyl (C=O) groups excluding carboxylic acids is 2. The molecule has 0 saturated heterocycles. The minimum atomic E-state index is -0.310. The SMILES string of the molecule is CC(C)(C)NC(=O)c1ccc(NC(=O)c2ccccc2COc2ccccc2)cc1. The molecular formula is C25H26N2O3. The maximum Gasteiger partial charge on any atom is 0.256 e. The smallest absolute Gasteiger partial charge is 0.256 e. The average Bonchev–Trinajstić information content (AvgIpc) is 2.72. The van der Waals surface area contributed by atoms with E-state index in [1.165, 1.54) is 0 Å². The van der Waals surface area contributed by atoms with Crippen molar-refractivity contribution < 1.29 is 14.3 Å². The molecule has 0 unspecified atom stereocenters. The number of ether oxygens (including phenoxy) is 1. The lowest BCUT2D eigenvalue weighted by molar-refractivity contribution is 0.0919. The van der Waals surface area contributed by atoms with Crippen LogP contribution in [0.4, 0.5) is 5.69 Å². The molecule has 0 heterocycles. The number of amides is 2. The van der Waals surface area contributed by atoms with Crippen molar-refractivity contribution in [2.75, 3.05) is 5.32 Å². The highest BCUT2D eigenvalue weighted by Gasteiger charge is 2.16. The molecular weight excluding hydrogens is 376 g/mol. The van der Waals surface area contributed by atoms with Gasteiger partial charge < -0.3 is 15.4 Å². The summed E-state index contributed by atoms with van der Waals surface area (Å²) in [6.07, 6.45) is 0. The quantitative estimate of drug-likeness (QED) is 0.607. The van der Waals surface area contributed by atoms with Crippen LogP contribution < -0.4 is 15.4 Å². The second kappa shape index (κ2) is 9.27. The third kappa shape index (κ3) is 5.95. The third-order valence-corrected chi connectivity index (χ3v) is 4.29. The molecule has 0 atom stereocenters. The van der Waals surface area contributed by atoms with Crippen LogP contribution in [0.2, 0.25) is 0 Å². The Hall–Kier alpha value is -3.60. The van der Waals surface area contributed by atoms with Crippen LogP contribution in [0.25, 0.3) is 0 Å². The van der Waals surface area contributed by atoms with E-state index in [-0.39, 0.29) is 17.4 Å². The zero-order chi connectivity index (χ0) is 21.6. The number of carbonyl (C=O) groups is 2. The second-order valence-electron chi connectivity index (χ2n) is 7.99. The molecule has 0 saturated carbocycles. The summed E-state index contributed by atoms with van der Waals surface area (Å²) >= 11 is 0. The first-order valence-electron chi connectivity index (χ1n) is 9.81. The maximum absolute atomic E-state index is 12.8. The number of anilines is 1. The van der Waals surface area contributed by atoms with Crippen molar-refractivity contribution in [2.45, 2.75) is 32.9 Å². The van der Waals surface area contributed by atoms with E-state index < -0.39 is 0 Å². The highest BCUT2D eigenvalue weighted by Crippen LogP contribution is 2.17. The van der Waals surface area contributed by atoms with Gasteiger partial charge in [0.2, 0.25) is 0 Å². The molecule has 0 aliphatic carbocycles. The molecule has 3 aromatic carbocycles. The van der Waals surface area contributed by atoms with Crippen molar-refractivity contribution in [2.24, 2.45) is 0 Å². The third-order valence-electron chi connectivity index (χ3n) is 4.29. The number of para-hydroxylation sites is 1. The van der Waals surface area contributed by atoms with Gasteiger partial charge in [-0.05, 0) is 63.2 Å². The molecule has 30 heavy (non-hydrogen) atoms. The molecule has 0 aromatic heterocycles. The first-order valence-corrected chi connectivity index (χ1v) is 9.81. The summed E-state index contributed by atoms with van der Waals surface area (Å²) in [5.74, 6) is 0.370. The van der Waals surface area contributed by atoms with Gasteiger partial charge in [-0.2, -0.15) is 0 Å². The van der Waals surface area contributed by atoms with Gasteiger partial charge in [0.05, 0.1) is 0 Å². The van der Waals surface area contributed by atoms with E-state index in [0.717, 1.165) is 11.3 Å². The van der Waals surface area contributed by atoms with Gasteiger partial charge in [0.15, 0.2) is 0 Å². The van der Waals surface area contributed by atoms with E-state index in [9.17, 15) is 9.59 Å². The number of hydrogen-bond acceptors (Lipinski definition) is 3.